The van der Waals surface area contributed by atoms with Crippen LogP contribution in [0.5, 0.6) is 5.75 Å². The van der Waals surface area contributed by atoms with Crippen LogP contribution >= 0.6 is 23.4 Å². The van der Waals surface area contributed by atoms with E-state index in [1.807, 2.05) is 30.9 Å². The van der Waals surface area contributed by atoms with Gasteiger partial charge in [-0.3, -0.25) is 0 Å². The van der Waals surface area contributed by atoms with E-state index in [1.165, 1.54) is 6.07 Å². The first-order valence-corrected chi connectivity index (χ1v) is 8.68. The summed E-state index contributed by atoms with van der Waals surface area (Å²) in [6.07, 6.45) is 1.02. The van der Waals surface area contributed by atoms with E-state index in [0.29, 0.717) is 12.5 Å². The number of hydrogen-bond acceptors (Lipinski definition) is 3. The van der Waals surface area contributed by atoms with Crippen LogP contribution in [0.3, 0.4) is 0 Å². The molecule has 2 nitrogen and oxygen atoms in total. The molecule has 1 heterocycles. The molecule has 0 spiro atoms. The fourth-order valence-corrected chi connectivity index (χ4v) is 3.67. The molecule has 24 heavy (non-hydrogen) atoms. The molecule has 3 rings (SSSR count). The normalized spacial score (nSPS) is 19.8. The van der Waals surface area contributed by atoms with Crippen LogP contribution in [0.1, 0.15) is 18.9 Å². The second kappa shape index (κ2) is 10.2. The van der Waals surface area contributed by atoms with Gasteiger partial charge in [-0.15, -0.1) is 5.92 Å². The summed E-state index contributed by atoms with van der Waals surface area (Å²) < 4.78 is 24.5. The van der Waals surface area contributed by atoms with Crippen LogP contribution in [-0.4, -0.2) is 5.44 Å². The number of ether oxygens (including phenoxy) is 2. The average molecular weight is 485 g/mol. The molecule has 122 valence electrons. The van der Waals surface area contributed by atoms with Crippen LogP contribution in [0, 0.1) is 18.3 Å². The molecular weight excluding hydrogens is 468 g/mol. The van der Waals surface area contributed by atoms with Crippen molar-refractivity contribution in [1.82, 2.24) is 0 Å². The fraction of sp³-hybridized carbons (Fsp3) is 0.278. The van der Waals surface area contributed by atoms with E-state index in [0.717, 1.165) is 22.6 Å². The molecule has 6 heteroatoms. The van der Waals surface area contributed by atoms with Crippen molar-refractivity contribution >= 4 is 23.4 Å². The molecule has 1 unspecified atom stereocenters. The van der Waals surface area contributed by atoms with Gasteiger partial charge in [0, 0.05) is 4.90 Å². The van der Waals surface area contributed by atoms with Gasteiger partial charge < -0.3 is 9.47 Å². The predicted molar refractivity (Wildman–Crippen MR) is 91.0 cm³/mol. The van der Waals surface area contributed by atoms with Crippen LogP contribution in [-0.2, 0) is 11.3 Å². The Kier molecular flexibility index (Phi) is 9.01. The molecule has 1 fully saturated rings. The summed E-state index contributed by atoms with van der Waals surface area (Å²) in [5.41, 5.74) is 0.994. The van der Waals surface area contributed by atoms with E-state index in [2.05, 4.69) is 6.92 Å². The van der Waals surface area contributed by atoms with Crippen LogP contribution in [0.4, 0.5) is 4.39 Å². The van der Waals surface area contributed by atoms with Gasteiger partial charge in [0.2, 0.25) is 0 Å². The van der Waals surface area contributed by atoms with Crippen molar-refractivity contribution in [3.63, 3.8) is 0 Å². The van der Waals surface area contributed by atoms with Crippen LogP contribution in [0.15, 0.2) is 47.4 Å². The third kappa shape index (κ3) is 6.21. The quantitative estimate of drug-likeness (QED) is 0.608. The van der Waals surface area contributed by atoms with Crippen molar-refractivity contribution in [1.29, 1.82) is 0 Å². The van der Waals surface area contributed by atoms with Crippen molar-refractivity contribution in [2.45, 2.75) is 30.3 Å². The first kappa shape index (κ1) is 21.1. The van der Waals surface area contributed by atoms with E-state index >= 15 is 0 Å². The largest absolute Gasteiger partial charge is 1.00 e. The van der Waals surface area contributed by atoms with Crippen molar-refractivity contribution in [2.24, 2.45) is 5.92 Å². The van der Waals surface area contributed by atoms with Crippen LogP contribution in [0.2, 0.25) is 5.02 Å². The summed E-state index contributed by atoms with van der Waals surface area (Å²) >= 11 is 7.47. The van der Waals surface area contributed by atoms with E-state index < -0.39 is 5.82 Å². The molecule has 0 bridgehead atoms. The monoisotopic (exact) mass is 484 g/mol. The van der Waals surface area contributed by atoms with Gasteiger partial charge in [-0.1, -0.05) is 42.4 Å². The molecule has 0 N–H and O–H groups in total. The van der Waals surface area contributed by atoms with Gasteiger partial charge in [0.1, 0.15) is 18.2 Å². The molecule has 0 amide bonds. The van der Waals surface area contributed by atoms with Crippen molar-refractivity contribution in [3.05, 3.63) is 65.5 Å². The molecule has 2 atom stereocenters. The maximum absolute atomic E-state index is 13.1. The van der Waals surface area contributed by atoms with Gasteiger partial charge >= 0.3 is 68.9 Å². The van der Waals surface area contributed by atoms with Crippen molar-refractivity contribution in [2.75, 3.05) is 0 Å². The molecule has 2 aromatic rings. The van der Waals surface area contributed by atoms with Crippen molar-refractivity contribution < 1.29 is 82.8 Å². The Balaban J connectivity index is 0.00000208. The van der Waals surface area contributed by atoms with Gasteiger partial charge in [-0.05, 0) is 42.3 Å². The predicted octanol–water partition coefficient (Wildman–Crippen LogP) is 2.70. The third-order valence-electron chi connectivity index (χ3n) is 3.49. The average Bonchev–Trinajstić information content (AvgIpc) is 2.94. The van der Waals surface area contributed by atoms with E-state index in [1.54, 1.807) is 23.9 Å². The topological polar surface area (TPSA) is 18.5 Å². The molecule has 0 aliphatic carbocycles. The standard InChI is InChI=1S/C18H17ClFO2S.Cs/c1-12-7-18(22-10-12)23-15-4-2-3-14(9-15)21-11-13-5-6-17(20)16(19)8-13;/h2-6,8-10,12,18H,7,11H2,1H3;/q-1;+1/t12-,18?;/m1./s1. The molecule has 1 aliphatic heterocycles. The van der Waals surface area contributed by atoms with E-state index in [9.17, 15) is 4.39 Å². The summed E-state index contributed by atoms with van der Waals surface area (Å²) in [5.74, 6) is 0.844. The van der Waals surface area contributed by atoms with Gasteiger partial charge in [0.25, 0.3) is 0 Å². The molecule has 2 aromatic carbocycles. The Bertz CT molecular complexity index is 686. The number of benzene rings is 2. The zero-order valence-electron chi connectivity index (χ0n) is 13.7. The van der Waals surface area contributed by atoms with Gasteiger partial charge in [-0.2, -0.15) is 0 Å². The minimum Gasteiger partial charge on any atom is -0.542 e. The fourth-order valence-electron chi connectivity index (χ4n) is 2.30. The van der Waals surface area contributed by atoms with Crippen molar-refractivity contribution in [3.8, 4) is 5.75 Å². The Morgan fingerprint density at radius 1 is 1.33 bits per heavy atom. The summed E-state index contributed by atoms with van der Waals surface area (Å²) in [6, 6.07) is 12.5. The first-order valence-electron chi connectivity index (χ1n) is 7.42. The summed E-state index contributed by atoms with van der Waals surface area (Å²) in [4.78, 5) is 1.10. The summed E-state index contributed by atoms with van der Waals surface area (Å²) in [5, 5.41) is 0.110. The van der Waals surface area contributed by atoms with E-state index in [4.69, 9.17) is 21.1 Å². The van der Waals surface area contributed by atoms with Gasteiger partial charge in [0.15, 0.2) is 0 Å². The Labute approximate surface area is 210 Å². The summed E-state index contributed by atoms with van der Waals surface area (Å²) in [6.45, 7) is 4.39. The molecular formula is C18H17ClCsFO2S. The third-order valence-corrected chi connectivity index (χ3v) is 4.87. The van der Waals surface area contributed by atoms with Gasteiger partial charge in [-0.25, -0.2) is 11.0 Å². The Morgan fingerprint density at radius 3 is 2.88 bits per heavy atom. The number of thioether (sulfide) groups is 1. The minimum absolute atomic E-state index is 0. The maximum atomic E-state index is 13.1. The Hall–Kier alpha value is 0.822. The zero-order chi connectivity index (χ0) is 16.2. The molecule has 1 saturated heterocycles. The first-order chi connectivity index (χ1) is 11.1. The molecule has 0 saturated carbocycles. The number of hydrogen-bond donors (Lipinski definition) is 0. The Morgan fingerprint density at radius 2 is 2.17 bits per heavy atom. The number of rotatable bonds is 5. The second-order valence-electron chi connectivity index (χ2n) is 5.54. The molecule has 0 aromatic heterocycles. The van der Waals surface area contributed by atoms with Crippen LogP contribution in [0.25, 0.3) is 0 Å². The maximum Gasteiger partial charge on any atom is 1.00 e. The molecule has 0 radical (unpaired) electrons. The zero-order valence-corrected chi connectivity index (χ0v) is 21.5. The summed E-state index contributed by atoms with van der Waals surface area (Å²) in [7, 11) is 0. The molecule has 1 aliphatic rings. The number of halogens is 2. The minimum atomic E-state index is -0.420. The van der Waals surface area contributed by atoms with E-state index in [-0.39, 0.29) is 79.4 Å². The smallest absolute Gasteiger partial charge is 0.542 e. The van der Waals surface area contributed by atoms with Crippen LogP contribution < -0.4 is 73.6 Å². The SMILES string of the molecule is C[C@H]1[CH-]OC(Sc2cccc(OCc3ccc(F)c(Cl)c3)c2)C1.[Cs+]. The second-order valence-corrected chi connectivity index (χ2v) is 7.18. The van der Waals surface area contributed by atoms with Gasteiger partial charge in [0.05, 0.1) is 10.5 Å².